The van der Waals surface area contributed by atoms with Crippen molar-refractivity contribution in [3.63, 3.8) is 0 Å². The summed E-state index contributed by atoms with van der Waals surface area (Å²) in [5.41, 5.74) is 2.64. The van der Waals surface area contributed by atoms with Gasteiger partial charge in [0.05, 0.1) is 0 Å². The number of nitrogens with one attached hydrogen (secondary N) is 1. The zero-order chi connectivity index (χ0) is 12.4. The zero-order valence-corrected chi connectivity index (χ0v) is 11.5. The largest absolute Gasteiger partial charge is 0.361 e. The number of fused-ring (bicyclic) bond motifs is 1. The van der Waals surface area contributed by atoms with E-state index in [9.17, 15) is 0 Å². The van der Waals surface area contributed by atoms with Crippen molar-refractivity contribution in [3.05, 3.63) is 35.0 Å². The Balaban J connectivity index is 1.72. The Morgan fingerprint density at radius 2 is 2.00 bits per heavy atom. The van der Waals surface area contributed by atoms with Crippen LogP contribution in [-0.4, -0.2) is 4.98 Å². The maximum absolute atomic E-state index is 6.08. The van der Waals surface area contributed by atoms with Crippen molar-refractivity contribution in [2.24, 2.45) is 5.92 Å². The van der Waals surface area contributed by atoms with Crippen LogP contribution in [-0.2, 0) is 6.42 Å². The van der Waals surface area contributed by atoms with Crippen LogP contribution < -0.4 is 0 Å². The first kappa shape index (κ1) is 12.1. The SMILES string of the molecule is Clc1ccc2[nH]cc(CCC3CCCCC3)c2c1. The molecular weight excluding hydrogens is 242 g/mol. The Kier molecular flexibility index (Phi) is 3.60. The van der Waals surface area contributed by atoms with Gasteiger partial charge in [-0.05, 0) is 42.5 Å². The van der Waals surface area contributed by atoms with Crippen molar-refractivity contribution in [1.82, 2.24) is 4.98 Å². The Hall–Kier alpha value is -0.950. The molecule has 0 spiro atoms. The lowest BCUT2D eigenvalue weighted by Gasteiger charge is -2.21. The standard InChI is InChI=1S/C16H20ClN/c17-14-8-9-16-15(10-14)13(11-18-16)7-6-12-4-2-1-3-5-12/h8-12,18H,1-7H2. The maximum Gasteiger partial charge on any atom is 0.0457 e. The smallest absolute Gasteiger partial charge is 0.0457 e. The molecule has 96 valence electrons. The molecule has 2 aromatic rings. The molecule has 2 heteroatoms. The maximum atomic E-state index is 6.08. The number of aromatic amines is 1. The van der Waals surface area contributed by atoms with E-state index in [-0.39, 0.29) is 0 Å². The number of H-pyrrole nitrogens is 1. The third kappa shape index (κ3) is 2.56. The number of benzene rings is 1. The predicted octanol–water partition coefficient (Wildman–Crippen LogP) is 5.33. The normalized spacial score (nSPS) is 17.4. The van der Waals surface area contributed by atoms with Crippen LogP contribution in [0.25, 0.3) is 10.9 Å². The van der Waals surface area contributed by atoms with E-state index in [0.29, 0.717) is 0 Å². The molecule has 0 bridgehead atoms. The van der Waals surface area contributed by atoms with Gasteiger partial charge in [-0.2, -0.15) is 0 Å². The third-order valence-corrected chi connectivity index (χ3v) is 4.51. The molecule has 0 atom stereocenters. The molecule has 1 saturated carbocycles. The van der Waals surface area contributed by atoms with Gasteiger partial charge in [0.25, 0.3) is 0 Å². The Morgan fingerprint density at radius 1 is 1.17 bits per heavy atom. The first-order valence-corrected chi connectivity index (χ1v) is 7.46. The van der Waals surface area contributed by atoms with Gasteiger partial charge >= 0.3 is 0 Å². The van der Waals surface area contributed by atoms with Gasteiger partial charge in [-0.1, -0.05) is 43.7 Å². The average molecular weight is 262 g/mol. The molecule has 0 saturated heterocycles. The van der Waals surface area contributed by atoms with E-state index in [0.717, 1.165) is 10.9 Å². The molecule has 1 aliphatic rings. The molecule has 1 nitrogen and oxygen atoms in total. The van der Waals surface area contributed by atoms with Gasteiger partial charge in [-0.15, -0.1) is 0 Å². The third-order valence-electron chi connectivity index (χ3n) is 4.28. The molecule has 1 aromatic carbocycles. The van der Waals surface area contributed by atoms with Gasteiger partial charge in [0.2, 0.25) is 0 Å². The van der Waals surface area contributed by atoms with Gasteiger partial charge in [0.15, 0.2) is 0 Å². The Bertz CT molecular complexity index is 523. The summed E-state index contributed by atoms with van der Waals surface area (Å²) in [5.74, 6) is 0.947. The Labute approximate surface area is 114 Å². The van der Waals surface area contributed by atoms with E-state index in [1.807, 2.05) is 6.07 Å². The average Bonchev–Trinajstić information content (AvgIpc) is 2.80. The molecule has 0 unspecified atom stereocenters. The van der Waals surface area contributed by atoms with Crippen molar-refractivity contribution in [3.8, 4) is 0 Å². The van der Waals surface area contributed by atoms with Crippen molar-refractivity contribution in [2.75, 3.05) is 0 Å². The van der Waals surface area contributed by atoms with Gasteiger partial charge in [-0.3, -0.25) is 0 Å². The minimum Gasteiger partial charge on any atom is -0.361 e. The van der Waals surface area contributed by atoms with Crippen molar-refractivity contribution >= 4 is 22.5 Å². The van der Waals surface area contributed by atoms with Crippen LogP contribution >= 0.6 is 11.6 Å². The van der Waals surface area contributed by atoms with E-state index in [1.165, 1.54) is 61.4 Å². The van der Waals surface area contributed by atoms with Gasteiger partial charge < -0.3 is 4.98 Å². The van der Waals surface area contributed by atoms with E-state index in [2.05, 4.69) is 23.3 Å². The highest BCUT2D eigenvalue weighted by Gasteiger charge is 2.14. The number of aromatic nitrogens is 1. The van der Waals surface area contributed by atoms with E-state index >= 15 is 0 Å². The van der Waals surface area contributed by atoms with Gasteiger partial charge in [0, 0.05) is 22.1 Å². The quantitative estimate of drug-likeness (QED) is 0.768. The molecule has 1 aliphatic carbocycles. The minimum atomic E-state index is 0.834. The number of rotatable bonds is 3. The fourth-order valence-electron chi connectivity index (χ4n) is 3.19. The number of halogens is 1. The lowest BCUT2D eigenvalue weighted by atomic mass is 9.85. The molecule has 1 N–H and O–H groups in total. The van der Waals surface area contributed by atoms with Crippen LogP contribution in [0.15, 0.2) is 24.4 Å². The molecule has 0 amide bonds. The lowest BCUT2D eigenvalue weighted by Crippen LogP contribution is -2.07. The molecule has 0 aliphatic heterocycles. The highest BCUT2D eigenvalue weighted by Crippen LogP contribution is 2.29. The summed E-state index contributed by atoms with van der Waals surface area (Å²) in [4.78, 5) is 3.34. The van der Waals surface area contributed by atoms with Crippen molar-refractivity contribution in [1.29, 1.82) is 0 Å². The summed E-state index contributed by atoms with van der Waals surface area (Å²) >= 11 is 6.08. The summed E-state index contributed by atoms with van der Waals surface area (Å²) < 4.78 is 0. The molecule has 1 heterocycles. The molecule has 18 heavy (non-hydrogen) atoms. The van der Waals surface area contributed by atoms with Crippen LogP contribution in [0.5, 0.6) is 0 Å². The molecule has 0 radical (unpaired) electrons. The topological polar surface area (TPSA) is 15.8 Å². The molecule has 1 fully saturated rings. The van der Waals surface area contributed by atoms with Crippen molar-refractivity contribution in [2.45, 2.75) is 44.9 Å². The number of hydrogen-bond donors (Lipinski definition) is 1. The van der Waals surface area contributed by atoms with Gasteiger partial charge in [0.1, 0.15) is 0 Å². The van der Waals surface area contributed by atoms with Gasteiger partial charge in [-0.25, -0.2) is 0 Å². The number of aryl methyl sites for hydroxylation is 1. The Morgan fingerprint density at radius 3 is 2.83 bits per heavy atom. The predicted molar refractivity (Wildman–Crippen MR) is 78.2 cm³/mol. The monoisotopic (exact) mass is 261 g/mol. The molecule has 3 rings (SSSR count). The second-order valence-electron chi connectivity index (χ2n) is 5.55. The first-order valence-electron chi connectivity index (χ1n) is 7.08. The summed E-state index contributed by atoms with van der Waals surface area (Å²) in [6.45, 7) is 0. The first-order chi connectivity index (χ1) is 8.83. The zero-order valence-electron chi connectivity index (χ0n) is 10.7. The van der Waals surface area contributed by atoms with Crippen LogP contribution in [0.2, 0.25) is 5.02 Å². The van der Waals surface area contributed by atoms with Crippen LogP contribution in [0, 0.1) is 5.92 Å². The highest BCUT2D eigenvalue weighted by atomic mass is 35.5. The van der Waals surface area contributed by atoms with E-state index < -0.39 is 0 Å². The van der Waals surface area contributed by atoms with Crippen LogP contribution in [0.1, 0.15) is 44.1 Å². The molecular formula is C16H20ClN. The fraction of sp³-hybridized carbons (Fsp3) is 0.500. The number of hydrogen-bond acceptors (Lipinski definition) is 0. The minimum absolute atomic E-state index is 0.834. The van der Waals surface area contributed by atoms with Crippen LogP contribution in [0.4, 0.5) is 0 Å². The fourth-order valence-corrected chi connectivity index (χ4v) is 3.37. The summed E-state index contributed by atoms with van der Waals surface area (Å²) in [7, 11) is 0. The van der Waals surface area contributed by atoms with Crippen molar-refractivity contribution < 1.29 is 0 Å². The van der Waals surface area contributed by atoms with Crippen LogP contribution in [0.3, 0.4) is 0 Å². The highest BCUT2D eigenvalue weighted by molar-refractivity contribution is 6.31. The van der Waals surface area contributed by atoms with E-state index in [1.54, 1.807) is 0 Å². The van der Waals surface area contributed by atoms with E-state index in [4.69, 9.17) is 11.6 Å². The lowest BCUT2D eigenvalue weighted by molar-refractivity contribution is 0.339. The molecule has 1 aromatic heterocycles. The summed E-state index contributed by atoms with van der Waals surface area (Å²) in [5, 5.41) is 2.14. The summed E-state index contributed by atoms with van der Waals surface area (Å²) in [6, 6.07) is 6.11. The second kappa shape index (κ2) is 5.36. The second-order valence-corrected chi connectivity index (χ2v) is 5.98. The summed E-state index contributed by atoms with van der Waals surface area (Å²) in [6.07, 6.45) is 11.9.